The van der Waals surface area contributed by atoms with Gasteiger partial charge in [0.25, 0.3) is 5.56 Å². The number of hydrogen-bond donors (Lipinski definition) is 0. The second-order valence-electron chi connectivity index (χ2n) is 7.77. The third-order valence-corrected chi connectivity index (χ3v) is 5.63. The molecule has 4 aromatic rings. The number of carbonyl (C=O) groups excluding carboxylic acids is 1. The van der Waals surface area contributed by atoms with E-state index in [0.29, 0.717) is 23.1 Å². The first-order valence-corrected chi connectivity index (χ1v) is 10.3. The Kier molecular flexibility index (Phi) is 5.56. The van der Waals surface area contributed by atoms with Crippen LogP contribution in [0.4, 0.5) is 0 Å². The molecule has 0 radical (unpaired) electrons. The number of ether oxygens (including phenoxy) is 1. The average molecular weight is 435 g/mol. The molecule has 0 aliphatic carbocycles. The van der Waals surface area contributed by atoms with Gasteiger partial charge in [0.2, 0.25) is 0 Å². The number of imidazole rings is 1. The van der Waals surface area contributed by atoms with Crippen molar-refractivity contribution in [2.45, 2.75) is 26.8 Å². The van der Waals surface area contributed by atoms with E-state index >= 15 is 0 Å². The van der Waals surface area contributed by atoms with Gasteiger partial charge in [-0.25, -0.2) is 14.6 Å². The third-order valence-electron chi connectivity index (χ3n) is 5.63. The summed E-state index contributed by atoms with van der Waals surface area (Å²) in [5, 5.41) is 0. The Morgan fingerprint density at radius 3 is 2.53 bits per heavy atom. The third kappa shape index (κ3) is 3.55. The fourth-order valence-corrected chi connectivity index (χ4v) is 4.00. The Hall–Kier alpha value is -3.88. The molecule has 0 atom stereocenters. The molecular formula is C23H25N5O4. The van der Waals surface area contributed by atoms with Crippen LogP contribution >= 0.6 is 0 Å². The van der Waals surface area contributed by atoms with Crippen LogP contribution in [0.2, 0.25) is 0 Å². The van der Waals surface area contributed by atoms with E-state index in [1.807, 2.05) is 48.7 Å². The summed E-state index contributed by atoms with van der Waals surface area (Å²) in [6.07, 6.45) is 1.84. The van der Waals surface area contributed by atoms with Crippen LogP contribution in [0.1, 0.15) is 28.2 Å². The Labute approximate surface area is 184 Å². The Balaban J connectivity index is 1.47. The SMILES string of the molecule is Cc1cc(C(=O)OCCCn2c(=O)c3c(ncn3C)n(C)c2=O)c(C)n1-c1ccccc1. The first kappa shape index (κ1) is 21.4. The molecule has 1 aromatic carbocycles. The van der Waals surface area contributed by atoms with Crippen LogP contribution < -0.4 is 11.2 Å². The Morgan fingerprint density at radius 2 is 1.81 bits per heavy atom. The smallest absolute Gasteiger partial charge is 0.339 e. The van der Waals surface area contributed by atoms with E-state index in [1.54, 1.807) is 24.7 Å². The van der Waals surface area contributed by atoms with Gasteiger partial charge in [-0.2, -0.15) is 0 Å². The molecule has 9 heteroatoms. The zero-order valence-electron chi connectivity index (χ0n) is 18.5. The predicted octanol–water partition coefficient (Wildman–Crippen LogP) is 2.09. The first-order valence-electron chi connectivity index (χ1n) is 10.3. The fourth-order valence-electron chi connectivity index (χ4n) is 4.00. The zero-order chi connectivity index (χ0) is 23.0. The van der Waals surface area contributed by atoms with Crippen LogP contribution in [-0.2, 0) is 25.4 Å². The molecule has 0 saturated carbocycles. The van der Waals surface area contributed by atoms with E-state index in [-0.39, 0.29) is 13.2 Å². The van der Waals surface area contributed by atoms with Gasteiger partial charge in [-0.05, 0) is 38.5 Å². The van der Waals surface area contributed by atoms with E-state index in [2.05, 4.69) is 4.98 Å². The Bertz CT molecular complexity index is 1420. The average Bonchev–Trinajstić information content (AvgIpc) is 3.31. The number of para-hydroxylation sites is 1. The summed E-state index contributed by atoms with van der Waals surface area (Å²) in [5.41, 5.74) is 3.06. The van der Waals surface area contributed by atoms with Gasteiger partial charge in [0.05, 0.1) is 18.5 Å². The minimum absolute atomic E-state index is 0.0901. The normalized spacial score (nSPS) is 11.2. The molecule has 0 aliphatic heterocycles. The maximum Gasteiger partial charge on any atom is 0.339 e. The van der Waals surface area contributed by atoms with Gasteiger partial charge in [-0.3, -0.25) is 13.9 Å². The first-order chi connectivity index (χ1) is 15.3. The number of hydrogen-bond acceptors (Lipinski definition) is 5. The van der Waals surface area contributed by atoms with Gasteiger partial charge in [0, 0.05) is 37.7 Å². The molecule has 3 heterocycles. The van der Waals surface area contributed by atoms with E-state index in [4.69, 9.17) is 4.74 Å². The fraction of sp³-hybridized carbons (Fsp3) is 0.304. The molecule has 166 valence electrons. The van der Waals surface area contributed by atoms with E-state index in [9.17, 15) is 14.4 Å². The highest BCUT2D eigenvalue weighted by atomic mass is 16.5. The molecule has 0 N–H and O–H groups in total. The van der Waals surface area contributed by atoms with Crippen LogP contribution in [0.3, 0.4) is 0 Å². The summed E-state index contributed by atoms with van der Waals surface area (Å²) in [7, 11) is 3.29. The topological polar surface area (TPSA) is 93.1 Å². The second-order valence-corrected chi connectivity index (χ2v) is 7.77. The molecule has 0 bridgehead atoms. The number of carbonyl (C=O) groups is 1. The lowest BCUT2D eigenvalue weighted by Crippen LogP contribution is -2.39. The largest absolute Gasteiger partial charge is 0.462 e. The van der Waals surface area contributed by atoms with E-state index < -0.39 is 17.2 Å². The molecule has 0 fully saturated rings. The lowest BCUT2D eigenvalue weighted by Gasteiger charge is -2.10. The number of benzene rings is 1. The molecule has 0 spiro atoms. The summed E-state index contributed by atoms with van der Waals surface area (Å²) < 4.78 is 11.5. The molecule has 4 rings (SSSR count). The number of aryl methyl sites for hydroxylation is 3. The molecule has 0 saturated heterocycles. The Morgan fingerprint density at radius 1 is 1.09 bits per heavy atom. The van der Waals surface area contributed by atoms with Crippen LogP contribution in [0.5, 0.6) is 0 Å². The van der Waals surface area contributed by atoms with Crippen LogP contribution in [-0.4, -0.2) is 35.8 Å². The van der Waals surface area contributed by atoms with Crippen molar-refractivity contribution in [3.05, 3.63) is 80.5 Å². The van der Waals surface area contributed by atoms with E-state index in [0.717, 1.165) is 21.6 Å². The molecule has 0 amide bonds. The highest BCUT2D eigenvalue weighted by Gasteiger charge is 2.18. The van der Waals surface area contributed by atoms with E-state index in [1.165, 1.54) is 10.9 Å². The van der Waals surface area contributed by atoms with Crippen LogP contribution in [0.15, 0.2) is 52.3 Å². The minimum atomic E-state index is -0.445. The monoisotopic (exact) mass is 435 g/mol. The van der Waals surface area contributed by atoms with Gasteiger partial charge in [0.1, 0.15) is 0 Å². The van der Waals surface area contributed by atoms with Crippen LogP contribution in [0, 0.1) is 13.8 Å². The van der Waals surface area contributed by atoms with Crippen LogP contribution in [0.25, 0.3) is 16.9 Å². The van der Waals surface area contributed by atoms with Gasteiger partial charge in [-0.1, -0.05) is 18.2 Å². The highest BCUT2D eigenvalue weighted by Crippen LogP contribution is 2.21. The molecular weight excluding hydrogens is 410 g/mol. The highest BCUT2D eigenvalue weighted by molar-refractivity contribution is 5.91. The number of aromatic nitrogens is 5. The number of nitrogens with zero attached hydrogens (tertiary/aromatic N) is 5. The molecule has 0 aliphatic rings. The van der Waals surface area contributed by atoms with Gasteiger partial charge in [0.15, 0.2) is 11.2 Å². The van der Waals surface area contributed by atoms with Gasteiger partial charge < -0.3 is 13.9 Å². The van der Waals surface area contributed by atoms with Gasteiger partial charge in [-0.15, -0.1) is 0 Å². The maximum atomic E-state index is 12.7. The lowest BCUT2D eigenvalue weighted by atomic mass is 10.2. The minimum Gasteiger partial charge on any atom is -0.462 e. The van der Waals surface area contributed by atoms with Crippen molar-refractivity contribution in [3.63, 3.8) is 0 Å². The van der Waals surface area contributed by atoms with Crippen molar-refractivity contribution in [1.29, 1.82) is 0 Å². The number of esters is 1. The van der Waals surface area contributed by atoms with Crippen molar-refractivity contribution < 1.29 is 9.53 Å². The zero-order valence-corrected chi connectivity index (χ0v) is 18.5. The standard InChI is InChI=1S/C23H25N5O4/c1-15-13-18(16(2)28(15)17-9-6-5-7-10-17)22(30)32-12-8-11-27-21(29)19-20(24-14-25(19)3)26(4)23(27)31/h5-7,9-10,13-14H,8,11-12H2,1-4H3. The van der Waals surface area contributed by atoms with Crippen molar-refractivity contribution in [1.82, 2.24) is 23.3 Å². The summed E-state index contributed by atoms with van der Waals surface area (Å²) in [6, 6.07) is 11.6. The van der Waals surface area contributed by atoms with Gasteiger partial charge >= 0.3 is 11.7 Å². The number of fused-ring (bicyclic) bond motifs is 1. The lowest BCUT2D eigenvalue weighted by molar-refractivity contribution is 0.0494. The summed E-state index contributed by atoms with van der Waals surface area (Å²) in [6.45, 7) is 4.05. The van der Waals surface area contributed by atoms with Crippen molar-refractivity contribution in [3.8, 4) is 5.69 Å². The second kappa shape index (κ2) is 8.33. The number of rotatable bonds is 6. The predicted molar refractivity (Wildman–Crippen MR) is 120 cm³/mol. The summed E-state index contributed by atoms with van der Waals surface area (Å²) in [5.74, 6) is -0.428. The molecule has 0 unspecified atom stereocenters. The molecule has 32 heavy (non-hydrogen) atoms. The quantitative estimate of drug-likeness (QED) is 0.342. The molecule has 3 aromatic heterocycles. The molecule has 9 nitrogen and oxygen atoms in total. The summed E-state index contributed by atoms with van der Waals surface area (Å²) in [4.78, 5) is 42.1. The van der Waals surface area contributed by atoms with Crippen molar-refractivity contribution in [2.24, 2.45) is 14.1 Å². The maximum absolute atomic E-state index is 12.7. The summed E-state index contributed by atoms with van der Waals surface area (Å²) >= 11 is 0. The van der Waals surface area contributed by atoms with Crippen molar-refractivity contribution in [2.75, 3.05) is 6.61 Å². The van der Waals surface area contributed by atoms with Crippen molar-refractivity contribution >= 4 is 17.1 Å².